The second-order valence-electron chi connectivity index (χ2n) is 4.01. The molecule has 2 rings (SSSR count). The summed E-state index contributed by atoms with van der Waals surface area (Å²) in [6.07, 6.45) is 5.16. The van der Waals surface area contributed by atoms with Crippen molar-refractivity contribution in [3.8, 4) is 0 Å². The quantitative estimate of drug-likeness (QED) is 0.823. The highest BCUT2D eigenvalue weighted by Crippen LogP contribution is 2.15. The van der Waals surface area contributed by atoms with E-state index in [9.17, 15) is 0 Å². The minimum Gasteiger partial charge on any atom is -0.383 e. The van der Waals surface area contributed by atoms with Crippen molar-refractivity contribution in [2.75, 3.05) is 11.1 Å². The molecule has 90 valence electrons. The normalized spacial score (nSPS) is 12.4. The van der Waals surface area contributed by atoms with Crippen molar-refractivity contribution in [3.05, 3.63) is 30.4 Å². The third kappa shape index (κ3) is 2.72. The van der Waals surface area contributed by atoms with E-state index < -0.39 is 0 Å². The molecule has 1 unspecified atom stereocenters. The minimum atomic E-state index is 0.211. The molecule has 0 aliphatic heterocycles. The lowest BCUT2D eigenvalue weighted by Crippen LogP contribution is -2.23. The summed E-state index contributed by atoms with van der Waals surface area (Å²) in [6, 6.07) is 2.11. The van der Waals surface area contributed by atoms with E-state index in [-0.39, 0.29) is 6.04 Å². The number of nitrogens with two attached hydrogens (primary N) is 1. The van der Waals surface area contributed by atoms with Crippen molar-refractivity contribution >= 4 is 11.6 Å². The van der Waals surface area contributed by atoms with Gasteiger partial charge < -0.3 is 11.1 Å². The molecule has 0 saturated heterocycles. The van der Waals surface area contributed by atoms with Crippen LogP contribution in [0.3, 0.4) is 0 Å². The maximum atomic E-state index is 5.72. The van der Waals surface area contributed by atoms with E-state index >= 15 is 0 Å². The van der Waals surface area contributed by atoms with Crippen molar-refractivity contribution < 1.29 is 0 Å². The highest BCUT2D eigenvalue weighted by atomic mass is 15.3. The molecule has 0 saturated carbocycles. The van der Waals surface area contributed by atoms with Crippen LogP contribution >= 0.6 is 0 Å². The van der Waals surface area contributed by atoms with Crippen molar-refractivity contribution in [1.82, 2.24) is 19.7 Å². The first-order valence-corrected chi connectivity index (χ1v) is 5.48. The maximum absolute atomic E-state index is 5.72. The molecular weight excluding hydrogens is 216 g/mol. The van der Waals surface area contributed by atoms with Crippen LogP contribution < -0.4 is 11.1 Å². The Morgan fingerprint density at radius 1 is 1.47 bits per heavy atom. The molecule has 0 aliphatic carbocycles. The van der Waals surface area contributed by atoms with E-state index in [0.29, 0.717) is 5.82 Å². The van der Waals surface area contributed by atoms with Gasteiger partial charge >= 0.3 is 0 Å². The van der Waals surface area contributed by atoms with E-state index in [0.717, 1.165) is 17.9 Å². The first-order chi connectivity index (χ1) is 8.16. The van der Waals surface area contributed by atoms with Crippen LogP contribution in [0.4, 0.5) is 11.6 Å². The van der Waals surface area contributed by atoms with E-state index in [4.69, 9.17) is 5.73 Å². The summed E-state index contributed by atoms with van der Waals surface area (Å²) in [7, 11) is 0. The van der Waals surface area contributed by atoms with Crippen LogP contribution in [-0.4, -0.2) is 25.8 Å². The molecule has 3 N–H and O–H groups in total. The van der Waals surface area contributed by atoms with E-state index in [1.165, 1.54) is 6.33 Å². The van der Waals surface area contributed by atoms with Crippen molar-refractivity contribution in [2.24, 2.45) is 0 Å². The Balaban J connectivity index is 2.03. The molecule has 6 nitrogen and oxygen atoms in total. The standard InChI is InChI=1S/C11H16N6/c1-8(6-17-5-3-4-15-17)16-11-9(2)10(12)13-7-14-11/h3-5,7-8H,6H2,1-2H3,(H3,12,13,14,16). The van der Waals surface area contributed by atoms with E-state index in [1.54, 1.807) is 6.20 Å². The average Bonchev–Trinajstić information content (AvgIpc) is 2.77. The number of anilines is 2. The van der Waals surface area contributed by atoms with Gasteiger partial charge in [0, 0.05) is 24.0 Å². The molecule has 1 atom stereocenters. The summed E-state index contributed by atoms with van der Waals surface area (Å²) in [5.41, 5.74) is 6.60. The number of nitrogen functional groups attached to an aromatic ring is 1. The summed E-state index contributed by atoms with van der Waals surface area (Å²) in [4.78, 5) is 8.11. The van der Waals surface area contributed by atoms with Crippen LogP contribution in [0.1, 0.15) is 12.5 Å². The number of hydrogen-bond acceptors (Lipinski definition) is 5. The molecule has 0 radical (unpaired) electrons. The molecule has 0 spiro atoms. The predicted molar refractivity (Wildman–Crippen MR) is 66.5 cm³/mol. The fourth-order valence-electron chi connectivity index (χ4n) is 1.58. The van der Waals surface area contributed by atoms with Gasteiger partial charge in [-0.1, -0.05) is 0 Å². The molecule has 2 heterocycles. The van der Waals surface area contributed by atoms with Crippen LogP contribution in [0, 0.1) is 6.92 Å². The van der Waals surface area contributed by atoms with Crippen LogP contribution in [0.2, 0.25) is 0 Å². The largest absolute Gasteiger partial charge is 0.383 e. The summed E-state index contributed by atoms with van der Waals surface area (Å²) >= 11 is 0. The average molecular weight is 232 g/mol. The number of rotatable bonds is 4. The highest BCUT2D eigenvalue weighted by molar-refractivity contribution is 5.54. The number of hydrogen-bond donors (Lipinski definition) is 2. The van der Waals surface area contributed by atoms with Crippen molar-refractivity contribution in [3.63, 3.8) is 0 Å². The molecule has 17 heavy (non-hydrogen) atoms. The molecule has 0 bridgehead atoms. The van der Waals surface area contributed by atoms with Crippen LogP contribution in [-0.2, 0) is 6.54 Å². The first-order valence-electron chi connectivity index (χ1n) is 5.48. The van der Waals surface area contributed by atoms with Gasteiger partial charge in [0.1, 0.15) is 18.0 Å². The lowest BCUT2D eigenvalue weighted by Gasteiger charge is -2.16. The van der Waals surface area contributed by atoms with Gasteiger partial charge in [0.25, 0.3) is 0 Å². The third-order valence-electron chi connectivity index (χ3n) is 2.53. The second kappa shape index (κ2) is 4.82. The van der Waals surface area contributed by atoms with Crippen molar-refractivity contribution in [1.29, 1.82) is 0 Å². The summed E-state index contributed by atoms with van der Waals surface area (Å²) in [6.45, 7) is 4.74. The molecule has 0 aliphatic rings. The van der Waals surface area contributed by atoms with Gasteiger partial charge in [-0.25, -0.2) is 9.97 Å². The van der Waals surface area contributed by atoms with Gasteiger partial charge in [-0.3, -0.25) is 4.68 Å². The van der Waals surface area contributed by atoms with Gasteiger partial charge in [-0.05, 0) is 19.9 Å². The Morgan fingerprint density at radius 2 is 2.29 bits per heavy atom. The molecule has 2 aromatic heterocycles. The van der Waals surface area contributed by atoms with Gasteiger partial charge in [0.15, 0.2) is 0 Å². The Hall–Kier alpha value is -2.11. The van der Waals surface area contributed by atoms with Crippen LogP contribution in [0.15, 0.2) is 24.8 Å². The lowest BCUT2D eigenvalue weighted by molar-refractivity contribution is 0.559. The smallest absolute Gasteiger partial charge is 0.134 e. The molecule has 6 heteroatoms. The van der Waals surface area contributed by atoms with Gasteiger partial charge in [0.05, 0.1) is 6.54 Å². The number of aromatic nitrogens is 4. The fourth-order valence-corrected chi connectivity index (χ4v) is 1.58. The number of nitrogens with zero attached hydrogens (tertiary/aromatic N) is 4. The molecule has 0 fully saturated rings. The second-order valence-corrected chi connectivity index (χ2v) is 4.01. The summed E-state index contributed by atoms with van der Waals surface area (Å²) in [5, 5.41) is 7.45. The third-order valence-corrected chi connectivity index (χ3v) is 2.53. The van der Waals surface area contributed by atoms with Crippen LogP contribution in [0.25, 0.3) is 0 Å². The number of nitrogens with one attached hydrogen (secondary N) is 1. The molecule has 0 aromatic carbocycles. The Morgan fingerprint density at radius 3 is 3.00 bits per heavy atom. The van der Waals surface area contributed by atoms with Gasteiger partial charge in [-0.2, -0.15) is 5.10 Å². The zero-order valence-electron chi connectivity index (χ0n) is 9.96. The topological polar surface area (TPSA) is 81.6 Å². The summed E-state index contributed by atoms with van der Waals surface area (Å²) < 4.78 is 1.87. The SMILES string of the molecule is Cc1c(N)ncnc1NC(C)Cn1cccn1. The Labute approximate surface area is 99.9 Å². The minimum absolute atomic E-state index is 0.211. The Bertz CT molecular complexity index is 479. The van der Waals surface area contributed by atoms with Gasteiger partial charge in [0.2, 0.25) is 0 Å². The van der Waals surface area contributed by atoms with E-state index in [1.807, 2.05) is 23.9 Å². The maximum Gasteiger partial charge on any atom is 0.134 e. The predicted octanol–water partition coefficient (Wildman–Crippen LogP) is 1.06. The fraction of sp³-hybridized carbons (Fsp3) is 0.364. The monoisotopic (exact) mass is 232 g/mol. The Kier molecular flexibility index (Phi) is 3.22. The zero-order chi connectivity index (χ0) is 12.3. The van der Waals surface area contributed by atoms with Crippen LogP contribution in [0.5, 0.6) is 0 Å². The summed E-state index contributed by atoms with van der Waals surface area (Å²) in [5.74, 6) is 1.28. The highest BCUT2D eigenvalue weighted by Gasteiger charge is 2.08. The molecule has 2 aromatic rings. The molecular formula is C11H16N6. The van der Waals surface area contributed by atoms with E-state index in [2.05, 4.69) is 27.3 Å². The molecule has 0 amide bonds. The lowest BCUT2D eigenvalue weighted by atomic mass is 10.2. The first kappa shape index (κ1) is 11.4. The van der Waals surface area contributed by atoms with Gasteiger partial charge in [-0.15, -0.1) is 0 Å². The van der Waals surface area contributed by atoms with Crippen molar-refractivity contribution in [2.45, 2.75) is 26.4 Å². The zero-order valence-corrected chi connectivity index (χ0v) is 9.96.